The van der Waals surface area contributed by atoms with Gasteiger partial charge in [0.25, 0.3) is 5.91 Å². The number of ether oxygens (including phenoxy) is 1. The van der Waals surface area contributed by atoms with Gasteiger partial charge in [-0.25, -0.2) is 0 Å². The second-order valence-corrected chi connectivity index (χ2v) is 5.90. The molecule has 7 heteroatoms. The molecule has 0 unspecified atom stereocenters. The summed E-state index contributed by atoms with van der Waals surface area (Å²) in [5.41, 5.74) is 0. The molecule has 0 aromatic carbocycles. The first-order chi connectivity index (χ1) is 11.5. The zero-order valence-electron chi connectivity index (χ0n) is 13.7. The van der Waals surface area contributed by atoms with E-state index in [-0.39, 0.29) is 43.2 Å². The first-order valence-electron chi connectivity index (χ1n) is 8.04. The lowest BCUT2D eigenvalue weighted by Gasteiger charge is -2.16. The van der Waals surface area contributed by atoms with Gasteiger partial charge in [0.05, 0.1) is 18.3 Å². The third kappa shape index (κ3) is 3.90. The Labute approximate surface area is 140 Å². The number of nitrogens with zero attached hydrogens (tertiary/aromatic N) is 1. The molecule has 1 heterocycles. The van der Waals surface area contributed by atoms with Crippen LogP contribution in [0.25, 0.3) is 0 Å². The van der Waals surface area contributed by atoms with Gasteiger partial charge in [-0.2, -0.15) is 0 Å². The van der Waals surface area contributed by atoms with Gasteiger partial charge >= 0.3 is 5.97 Å². The zero-order chi connectivity index (χ0) is 17.7. The lowest BCUT2D eigenvalue weighted by Crippen LogP contribution is -2.37. The second-order valence-electron chi connectivity index (χ2n) is 5.90. The molecule has 0 aromatic rings. The molecular weight excluding hydrogens is 312 g/mol. The number of imide groups is 1. The van der Waals surface area contributed by atoms with Crippen molar-refractivity contribution in [1.82, 2.24) is 10.2 Å². The summed E-state index contributed by atoms with van der Waals surface area (Å²) in [7, 11) is 0. The van der Waals surface area contributed by atoms with Crippen LogP contribution in [0.4, 0.5) is 0 Å². The molecule has 2 rings (SSSR count). The van der Waals surface area contributed by atoms with Crippen molar-refractivity contribution in [3.8, 4) is 0 Å². The fourth-order valence-corrected chi connectivity index (χ4v) is 2.92. The van der Waals surface area contributed by atoms with E-state index in [2.05, 4.69) is 11.9 Å². The van der Waals surface area contributed by atoms with Gasteiger partial charge < -0.3 is 10.1 Å². The zero-order valence-corrected chi connectivity index (χ0v) is 13.7. The number of rotatable bonds is 7. The Morgan fingerprint density at radius 2 is 1.92 bits per heavy atom. The molecule has 7 nitrogen and oxygen atoms in total. The second kappa shape index (κ2) is 7.90. The van der Waals surface area contributed by atoms with Gasteiger partial charge in [-0.05, 0) is 19.8 Å². The third-order valence-electron chi connectivity index (χ3n) is 4.24. The molecule has 0 bridgehead atoms. The highest BCUT2D eigenvalue weighted by Gasteiger charge is 2.46. The van der Waals surface area contributed by atoms with Gasteiger partial charge in [0.15, 0.2) is 6.10 Å². The number of carbonyl (C=O) groups excluding carboxylic acids is 4. The molecular formula is C17H22N2O5. The van der Waals surface area contributed by atoms with Crippen molar-refractivity contribution in [3.63, 3.8) is 0 Å². The molecule has 0 aromatic heterocycles. The molecule has 1 aliphatic heterocycles. The molecule has 2 aliphatic rings. The highest BCUT2D eigenvalue weighted by Crippen LogP contribution is 2.34. The molecule has 3 atom stereocenters. The smallest absolute Gasteiger partial charge is 0.308 e. The van der Waals surface area contributed by atoms with Crippen LogP contribution in [0.15, 0.2) is 24.8 Å². The molecule has 0 radical (unpaired) electrons. The molecule has 1 aliphatic carbocycles. The highest BCUT2D eigenvalue weighted by molar-refractivity contribution is 6.05. The number of likely N-dealkylation sites (tertiary alicyclic amines) is 1. The number of amides is 3. The average molecular weight is 334 g/mol. The number of esters is 1. The molecule has 24 heavy (non-hydrogen) atoms. The Balaban J connectivity index is 1.81. The summed E-state index contributed by atoms with van der Waals surface area (Å²) in [6, 6.07) is 0. The van der Waals surface area contributed by atoms with Crippen LogP contribution in [-0.2, 0) is 23.9 Å². The topological polar surface area (TPSA) is 92.8 Å². The van der Waals surface area contributed by atoms with Crippen LogP contribution in [0.3, 0.4) is 0 Å². The maximum absolute atomic E-state index is 12.3. The minimum Gasteiger partial charge on any atom is -0.452 e. The Bertz CT molecular complexity index is 558. The predicted octanol–water partition coefficient (Wildman–Crippen LogP) is 0.562. The number of hydrogen-bond donors (Lipinski definition) is 1. The van der Waals surface area contributed by atoms with Crippen molar-refractivity contribution in [3.05, 3.63) is 24.8 Å². The summed E-state index contributed by atoms with van der Waals surface area (Å²) in [5, 5.41) is 2.52. The van der Waals surface area contributed by atoms with Gasteiger partial charge in [-0.3, -0.25) is 24.1 Å². The lowest BCUT2D eigenvalue weighted by molar-refractivity contribution is -0.155. The van der Waals surface area contributed by atoms with Gasteiger partial charge in [0.2, 0.25) is 11.8 Å². The molecule has 0 spiro atoms. The minimum absolute atomic E-state index is 0.00943. The molecule has 3 amide bonds. The van der Waals surface area contributed by atoms with Crippen LogP contribution in [0.2, 0.25) is 0 Å². The predicted molar refractivity (Wildman–Crippen MR) is 85.5 cm³/mol. The highest BCUT2D eigenvalue weighted by atomic mass is 16.5. The quantitative estimate of drug-likeness (QED) is 0.417. The molecule has 1 fully saturated rings. The Morgan fingerprint density at radius 1 is 1.33 bits per heavy atom. The minimum atomic E-state index is -0.936. The van der Waals surface area contributed by atoms with E-state index in [1.165, 1.54) is 13.0 Å². The normalized spacial score (nSPS) is 23.6. The van der Waals surface area contributed by atoms with E-state index in [4.69, 9.17) is 4.74 Å². The summed E-state index contributed by atoms with van der Waals surface area (Å²) in [6.07, 6.45) is 5.41. The summed E-state index contributed by atoms with van der Waals surface area (Å²) in [4.78, 5) is 49.1. The number of carbonyl (C=O) groups is 4. The van der Waals surface area contributed by atoms with Crippen molar-refractivity contribution in [2.75, 3.05) is 13.1 Å². The summed E-state index contributed by atoms with van der Waals surface area (Å²) >= 11 is 0. The summed E-state index contributed by atoms with van der Waals surface area (Å²) in [6.45, 7) is 5.21. The number of allylic oxidation sites excluding steroid dienone is 2. The lowest BCUT2D eigenvalue weighted by atomic mass is 9.85. The van der Waals surface area contributed by atoms with Crippen molar-refractivity contribution >= 4 is 23.7 Å². The van der Waals surface area contributed by atoms with Crippen LogP contribution in [0.1, 0.15) is 26.2 Å². The van der Waals surface area contributed by atoms with Crippen LogP contribution < -0.4 is 5.32 Å². The summed E-state index contributed by atoms with van der Waals surface area (Å²) < 4.78 is 5.01. The monoisotopic (exact) mass is 334 g/mol. The first-order valence-corrected chi connectivity index (χ1v) is 8.04. The van der Waals surface area contributed by atoms with E-state index in [1.807, 2.05) is 12.2 Å². The maximum Gasteiger partial charge on any atom is 0.308 e. The van der Waals surface area contributed by atoms with Crippen molar-refractivity contribution < 1.29 is 23.9 Å². The Morgan fingerprint density at radius 3 is 2.46 bits per heavy atom. The van der Waals surface area contributed by atoms with Crippen LogP contribution in [0, 0.1) is 11.8 Å². The third-order valence-corrected chi connectivity index (χ3v) is 4.24. The van der Waals surface area contributed by atoms with Gasteiger partial charge in [0, 0.05) is 13.1 Å². The van der Waals surface area contributed by atoms with Crippen molar-refractivity contribution in [2.45, 2.75) is 32.3 Å². The van der Waals surface area contributed by atoms with Crippen molar-refractivity contribution in [2.24, 2.45) is 11.8 Å². The maximum atomic E-state index is 12.3. The van der Waals surface area contributed by atoms with E-state index in [9.17, 15) is 19.2 Å². The standard InChI is InChI=1S/C17H22N2O5/c1-3-9-18-15(21)11(2)24-14(20)8-10-19-16(22)12-6-4-5-7-13(12)17(19)23/h3-5,11-13H,1,6-10H2,2H3,(H,18,21)/t11-,12-,13+/m1/s1. The number of fused-ring (bicyclic) bond motifs is 1. The SMILES string of the molecule is C=CCNC(=O)[C@@H](C)OC(=O)CCN1C(=O)[C@H]2CC=CC[C@H]2C1=O. The van der Waals surface area contributed by atoms with E-state index < -0.39 is 18.0 Å². The molecule has 130 valence electrons. The van der Waals surface area contributed by atoms with Crippen LogP contribution in [0.5, 0.6) is 0 Å². The van der Waals surface area contributed by atoms with E-state index in [0.29, 0.717) is 12.8 Å². The first kappa shape index (κ1) is 17.9. The number of hydrogen-bond acceptors (Lipinski definition) is 5. The van der Waals surface area contributed by atoms with E-state index in [0.717, 1.165) is 4.90 Å². The van der Waals surface area contributed by atoms with Crippen LogP contribution >= 0.6 is 0 Å². The fraction of sp³-hybridized carbons (Fsp3) is 0.529. The molecule has 1 N–H and O–H groups in total. The largest absolute Gasteiger partial charge is 0.452 e. The van der Waals surface area contributed by atoms with E-state index in [1.54, 1.807) is 0 Å². The van der Waals surface area contributed by atoms with Gasteiger partial charge in [-0.1, -0.05) is 18.2 Å². The number of nitrogens with one attached hydrogen (secondary N) is 1. The average Bonchev–Trinajstić information content (AvgIpc) is 2.82. The Hall–Kier alpha value is -2.44. The van der Waals surface area contributed by atoms with Gasteiger partial charge in [0.1, 0.15) is 0 Å². The van der Waals surface area contributed by atoms with Crippen LogP contribution in [-0.4, -0.2) is 47.8 Å². The Kier molecular flexibility index (Phi) is 5.89. The van der Waals surface area contributed by atoms with E-state index >= 15 is 0 Å². The van der Waals surface area contributed by atoms with Gasteiger partial charge in [-0.15, -0.1) is 6.58 Å². The molecule has 0 saturated carbocycles. The van der Waals surface area contributed by atoms with Crippen molar-refractivity contribution in [1.29, 1.82) is 0 Å². The summed E-state index contributed by atoms with van der Waals surface area (Å²) in [5.74, 6) is -2.10. The molecule has 1 saturated heterocycles. The fourth-order valence-electron chi connectivity index (χ4n) is 2.92.